The number of aromatic nitrogens is 3. The molecule has 0 bridgehead atoms. The van der Waals surface area contributed by atoms with Crippen LogP contribution in [0.3, 0.4) is 0 Å². The molecule has 4 nitrogen and oxygen atoms in total. The molecule has 0 fully saturated rings. The summed E-state index contributed by atoms with van der Waals surface area (Å²) in [5.74, 6) is 1.87. The van der Waals surface area contributed by atoms with Crippen LogP contribution in [0.25, 0.3) is 0 Å². The summed E-state index contributed by atoms with van der Waals surface area (Å²) in [6.45, 7) is 0.985. The Hall–Kier alpha value is -1.37. The first-order valence-corrected chi connectivity index (χ1v) is 4.19. The zero-order chi connectivity index (χ0) is 8.39. The van der Waals surface area contributed by atoms with Crippen LogP contribution in [0.2, 0.25) is 0 Å². The Morgan fingerprint density at radius 1 is 1.42 bits per heavy atom. The minimum absolute atomic E-state index is 0.382. The van der Waals surface area contributed by atoms with E-state index in [1.54, 1.807) is 0 Å². The molecule has 1 aliphatic heterocycles. The summed E-state index contributed by atoms with van der Waals surface area (Å²) >= 11 is 0. The van der Waals surface area contributed by atoms with E-state index >= 15 is 0 Å². The zero-order valence-corrected chi connectivity index (χ0v) is 6.82. The van der Waals surface area contributed by atoms with Gasteiger partial charge < -0.3 is 4.57 Å². The Balaban J connectivity index is 2.33. The molecule has 0 radical (unpaired) electrons. The van der Waals surface area contributed by atoms with Crippen molar-refractivity contribution in [3.8, 4) is 6.07 Å². The lowest BCUT2D eigenvalue weighted by molar-refractivity contribution is 0.511. The number of hydrogen-bond acceptors (Lipinski definition) is 3. The molecular weight excluding hydrogens is 152 g/mol. The van der Waals surface area contributed by atoms with Crippen LogP contribution in [0.1, 0.15) is 24.5 Å². The molecule has 12 heavy (non-hydrogen) atoms. The molecular formula is C8H10N4. The van der Waals surface area contributed by atoms with Crippen molar-refractivity contribution in [2.75, 3.05) is 0 Å². The van der Waals surface area contributed by atoms with Gasteiger partial charge >= 0.3 is 0 Å². The van der Waals surface area contributed by atoms with Gasteiger partial charge in [-0.25, -0.2) is 0 Å². The van der Waals surface area contributed by atoms with Gasteiger partial charge in [-0.1, -0.05) is 0 Å². The molecule has 1 aliphatic rings. The number of nitrogens with zero attached hydrogens (tertiary/aromatic N) is 4. The van der Waals surface area contributed by atoms with Gasteiger partial charge in [-0.2, -0.15) is 5.26 Å². The van der Waals surface area contributed by atoms with Crippen molar-refractivity contribution in [1.82, 2.24) is 14.8 Å². The summed E-state index contributed by atoms with van der Waals surface area (Å²) in [5, 5.41) is 16.5. The van der Waals surface area contributed by atoms with E-state index in [2.05, 4.69) is 20.8 Å². The Morgan fingerprint density at radius 2 is 2.33 bits per heavy atom. The molecule has 4 heteroatoms. The minimum Gasteiger partial charge on any atom is -0.314 e. The third-order valence-corrected chi connectivity index (χ3v) is 2.17. The number of nitriles is 1. The molecule has 0 saturated carbocycles. The van der Waals surface area contributed by atoms with Gasteiger partial charge in [0.2, 0.25) is 0 Å². The predicted molar refractivity (Wildman–Crippen MR) is 42.3 cm³/mol. The van der Waals surface area contributed by atoms with Gasteiger partial charge in [-0.15, -0.1) is 10.2 Å². The fraction of sp³-hybridized carbons (Fsp3) is 0.625. The molecule has 0 aromatic carbocycles. The second kappa shape index (κ2) is 2.94. The molecule has 1 aromatic rings. The number of fused-ring (bicyclic) bond motifs is 1. The highest BCUT2D eigenvalue weighted by molar-refractivity contribution is 5.02. The van der Waals surface area contributed by atoms with Crippen LogP contribution >= 0.6 is 0 Å². The highest BCUT2D eigenvalue weighted by Crippen LogP contribution is 2.13. The summed E-state index contributed by atoms with van der Waals surface area (Å²) in [5.41, 5.74) is 0. The average Bonchev–Trinajstić information content (AvgIpc) is 2.50. The number of hydrogen-bond donors (Lipinski definition) is 0. The van der Waals surface area contributed by atoms with Gasteiger partial charge in [0, 0.05) is 13.0 Å². The van der Waals surface area contributed by atoms with Crippen LogP contribution in [0.5, 0.6) is 0 Å². The van der Waals surface area contributed by atoms with Crippen molar-refractivity contribution in [1.29, 1.82) is 5.26 Å². The molecule has 2 heterocycles. The average molecular weight is 162 g/mol. The smallest absolute Gasteiger partial charge is 0.147 e. The molecule has 0 spiro atoms. The number of rotatable bonds is 1. The molecule has 0 aliphatic carbocycles. The van der Waals surface area contributed by atoms with Crippen molar-refractivity contribution in [3.63, 3.8) is 0 Å². The molecule has 62 valence electrons. The second-order valence-electron chi connectivity index (χ2n) is 2.98. The standard InChI is InChI=1S/C8H10N4/c9-5-4-8-11-10-7-3-1-2-6-12(7)8/h1-4,6H2. The van der Waals surface area contributed by atoms with E-state index in [-0.39, 0.29) is 0 Å². The van der Waals surface area contributed by atoms with Crippen LogP contribution in [0.4, 0.5) is 0 Å². The van der Waals surface area contributed by atoms with Crippen molar-refractivity contribution < 1.29 is 0 Å². The summed E-state index contributed by atoms with van der Waals surface area (Å²) in [6.07, 6.45) is 3.78. The maximum atomic E-state index is 8.51. The minimum atomic E-state index is 0.382. The van der Waals surface area contributed by atoms with Crippen LogP contribution < -0.4 is 0 Å². The van der Waals surface area contributed by atoms with Crippen LogP contribution in [-0.4, -0.2) is 14.8 Å². The van der Waals surface area contributed by atoms with Gasteiger partial charge in [-0.05, 0) is 12.8 Å². The second-order valence-corrected chi connectivity index (χ2v) is 2.98. The Kier molecular flexibility index (Phi) is 1.78. The molecule has 0 saturated heterocycles. The van der Waals surface area contributed by atoms with Gasteiger partial charge in [0.25, 0.3) is 0 Å². The van der Waals surface area contributed by atoms with E-state index in [4.69, 9.17) is 5.26 Å². The van der Waals surface area contributed by atoms with Gasteiger partial charge in [0.1, 0.15) is 11.6 Å². The fourth-order valence-corrected chi connectivity index (χ4v) is 1.57. The SMILES string of the molecule is N#CCc1nnc2n1CCCC2. The first kappa shape index (κ1) is 7.29. The third kappa shape index (κ3) is 1.07. The van der Waals surface area contributed by atoms with E-state index in [9.17, 15) is 0 Å². The van der Waals surface area contributed by atoms with E-state index in [0.29, 0.717) is 6.42 Å². The molecule has 1 aromatic heterocycles. The molecule has 2 rings (SSSR count). The third-order valence-electron chi connectivity index (χ3n) is 2.17. The first-order valence-electron chi connectivity index (χ1n) is 4.19. The largest absolute Gasteiger partial charge is 0.314 e. The lowest BCUT2D eigenvalue weighted by Gasteiger charge is -2.13. The maximum absolute atomic E-state index is 8.51. The van der Waals surface area contributed by atoms with Crippen molar-refractivity contribution >= 4 is 0 Å². The van der Waals surface area contributed by atoms with Crippen molar-refractivity contribution in [2.24, 2.45) is 0 Å². The van der Waals surface area contributed by atoms with Crippen LogP contribution in [0.15, 0.2) is 0 Å². The van der Waals surface area contributed by atoms with E-state index in [1.165, 1.54) is 12.8 Å². The summed E-state index contributed by atoms with van der Waals surface area (Å²) in [7, 11) is 0. The Morgan fingerprint density at radius 3 is 3.17 bits per heavy atom. The first-order chi connectivity index (χ1) is 5.92. The molecule has 0 atom stereocenters. The van der Waals surface area contributed by atoms with Gasteiger partial charge in [-0.3, -0.25) is 0 Å². The lowest BCUT2D eigenvalue weighted by atomic mass is 10.1. The Labute approximate surface area is 70.8 Å². The monoisotopic (exact) mass is 162 g/mol. The van der Waals surface area contributed by atoms with Crippen molar-refractivity contribution in [3.05, 3.63) is 11.6 Å². The summed E-state index contributed by atoms with van der Waals surface area (Å²) < 4.78 is 2.08. The van der Waals surface area contributed by atoms with E-state index in [0.717, 1.165) is 24.6 Å². The van der Waals surface area contributed by atoms with Crippen molar-refractivity contribution in [2.45, 2.75) is 32.2 Å². The Bertz CT molecular complexity index is 320. The predicted octanol–water partition coefficient (Wildman–Crippen LogP) is 0.680. The molecule has 0 unspecified atom stereocenters. The summed E-state index contributed by atoms with van der Waals surface area (Å²) in [6, 6.07) is 2.10. The lowest BCUT2D eigenvalue weighted by Crippen LogP contribution is -2.12. The van der Waals surface area contributed by atoms with Gasteiger partial charge in [0.05, 0.1) is 12.5 Å². The highest BCUT2D eigenvalue weighted by Gasteiger charge is 2.14. The molecule has 0 amide bonds. The zero-order valence-electron chi connectivity index (χ0n) is 6.82. The van der Waals surface area contributed by atoms with Gasteiger partial charge in [0.15, 0.2) is 0 Å². The maximum Gasteiger partial charge on any atom is 0.147 e. The van der Waals surface area contributed by atoms with Crippen LogP contribution in [-0.2, 0) is 19.4 Å². The quantitative estimate of drug-likeness (QED) is 0.610. The van der Waals surface area contributed by atoms with Crippen LogP contribution in [0, 0.1) is 11.3 Å². The molecule has 0 N–H and O–H groups in total. The number of aryl methyl sites for hydroxylation is 1. The normalized spacial score (nSPS) is 15.2. The van der Waals surface area contributed by atoms with E-state index in [1.807, 2.05) is 0 Å². The topological polar surface area (TPSA) is 54.5 Å². The fourth-order valence-electron chi connectivity index (χ4n) is 1.57. The van der Waals surface area contributed by atoms with E-state index < -0.39 is 0 Å². The highest BCUT2D eigenvalue weighted by atomic mass is 15.3. The summed E-state index contributed by atoms with van der Waals surface area (Å²) in [4.78, 5) is 0.